The van der Waals surface area contributed by atoms with Crippen LogP contribution in [0.4, 0.5) is 5.69 Å². The van der Waals surface area contributed by atoms with E-state index in [1.165, 1.54) is 0 Å². The summed E-state index contributed by atoms with van der Waals surface area (Å²) in [7, 11) is 0. The van der Waals surface area contributed by atoms with Gasteiger partial charge in [0.25, 0.3) is 5.91 Å². The number of nitrogens with one attached hydrogen (secondary N) is 1. The maximum Gasteiger partial charge on any atom is 0.253 e. The lowest BCUT2D eigenvalue weighted by atomic mass is 9.84. The molecule has 3 fully saturated rings. The third-order valence-electron chi connectivity index (χ3n) is 5.96. The topological polar surface area (TPSA) is 75.4 Å². The van der Waals surface area contributed by atoms with Gasteiger partial charge in [0.05, 0.1) is 5.92 Å². The summed E-state index contributed by atoms with van der Waals surface area (Å²) in [6.45, 7) is 1.58. The SMILES string of the molecule is NC1C2CCC(C2)C1C(=O)Nc1cccc(C(=O)N2CCSCC2)c1. The van der Waals surface area contributed by atoms with Gasteiger partial charge in [-0.3, -0.25) is 9.59 Å². The minimum Gasteiger partial charge on any atom is -0.337 e. The smallest absolute Gasteiger partial charge is 0.253 e. The minimum absolute atomic E-state index is 0.0127. The molecule has 2 amide bonds. The number of hydrogen-bond acceptors (Lipinski definition) is 4. The van der Waals surface area contributed by atoms with Crippen molar-refractivity contribution >= 4 is 29.3 Å². The third-order valence-corrected chi connectivity index (χ3v) is 6.90. The van der Waals surface area contributed by atoms with Crippen LogP contribution in [0.1, 0.15) is 29.6 Å². The van der Waals surface area contributed by atoms with Crippen molar-refractivity contribution in [2.24, 2.45) is 23.5 Å². The molecule has 0 radical (unpaired) electrons. The lowest BCUT2D eigenvalue weighted by Crippen LogP contribution is -2.42. The Kier molecular flexibility index (Phi) is 4.73. The lowest BCUT2D eigenvalue weighted by Gasteiger charge is -2.27. The van der Waals surface area contributed by atoms with E-state index in [9.17, 15) is 9.59 Å². The maximum atomic E-state index is 12.7. The molecular formula is C19H25N3O2S. The van der Waals surface area contributed by atoms with E-state index in [0.717, 1.165) is 43.9 Å². The molecule has 4 rings (SSSR count). The van der Waals surface area contributed by atoms with Crippen LogP contribution in [0.3, 0.4) is 0 Å². The van der Waals surface area contributed by atoms with Gasteiger partial charge >= 0.3 is 0 Å². The molecule has 2 bridgehead atoms. The second-order valence-electron chi connectivity index (χ2n) is 7.41. The third kappa shape index (κ3) is 3.29. The molecule has 0 aromatic heterocycles. The van der Waals surface area contributed by atoms with Crippen molar-refractivity contribution in [2.45, 2.75) is 25.3 Å². The van der Waals surface area contributed by atoms with Gasteiger partial charge in [-0.2, -0.15) is 11.8 Å². The number of carbonyl (C=O) groups is 2. The van der Waals surface area contributed by atoms with Crippen LogP contribution in [0.15, 0.2) is 24.3 Å². The Balaban J connectivity index is 1.44. The quantitative estimate of drug-likeness (QED) is 0.867. The Bertz CT molecular complexity index is 672. The number of rotatable bonds is 3. The molecule has 5 nitrogen and oxygen atoms in total. The maximum absolute atomic E-state index is 12.7. The molecule has 1 saturated heterocycles. The van der Waals surface area contributed by atoms with Crippen LogP contribution >= 0.6 is 11.8 Å². The molecule has 1 heterocycles. The zero-order valence-electron chi connectivity index (χ0n) is 14.3. The van der Waals surface area contributed by atoms with Crippen molar-refractivity contribution in [3.63, 3.8) is 0 Å². The number of amides is 2. The van der Waals surface area contributed by atoms with Crippen molar-refractivity contribution in [3.8, 4) is 0 Å². The highest BCUT2D eigenvalue weighted by Crippen LogP contribution is 2.47. The van der Waals surface area contributed by atoms with Crippen molar-refractivity contribution in [2.75, 3.05) is 29.9 Å². The minimum atomic E-state index is -0.0859. The highest BCUT2D eigenvalue weighted by Gasteiger charge is 2.49. The average Bonchev–Trinajstić information content (AvgIpc) is 3.23. The molecule has 4 unspecified atom stereocenters. The number of anilines is 1. The number of nitrogens with zero attached hydrogens (tertiary/aromatic N) is 1. The molecule has 2 aliphatic carbocycles. The molecule has 3 N–H and O–H groups in total. The first-order valence-electron chi connectivity index (χ1n) is 9.17. The number of fused-ring (bicyclic) bond motifs is 2. The van der Waals surface area contributed by atoms with Crippen LogP contribution in [0.5, 0.6) is 0 Å². The Morgan fingerprint density at radius 2 is 1.92 bits per heavy atom. The van der Waals surface area contributed by atoms with E-state index >= 15 is 0 Å². The monoisotopic (exact) mass is 359 g/mol. The second kappa shape index (κ2) is 7.00. The molecule has 1 aliphatic heterocycles. The summed E-state index contributed by atoms with van der Waals surface area (Å²) in [5, 5.41) is 3.00. The predicted molar refractivity (Wildman–Crippen MR) is 101 cm³/mol. The number of nitrogens with two attached hydrogens (primary N) is 1. The average molecular weight is 359 g/mol. The van der Waals surface area contributed by atoms with Crippen LogP contribution in [0.25, 0.3) is 0 Å². The molecule has 3 aliphatic rings. The highest BCUT2D eigenvalue weighted by molar-refractivity contribution is 7.99. The van der Waals surface area contributed by atoms with Gasteiger partial charge in [0.2, 0.25) is 5.91 Å². The first-order chi connectivity index (χ1) is 12.1. The summed E-state index contributed by atoms with van der Waals surface area (Å²) in [6.07, 6.45) is 3.36. The van der Waals surface area contributed by atoms with E-state index in [2.05, 4.69) is 5.32 Å². The summed E-state index contributed by atoms with van der Waals surface area (Å²) in [5.41, 5.74) is 7.60. The van der Waals surface area contributed by atoms with Gasteiger partial charge in [-0.05, 0) is 49.3 Å². The normalized spacial score (nSPS) is 31.2. The zero-order chi connectivity index (χ0) is 17.4. The second-order valence-corrected chi connectivity index (χ2v) is 8.64. The van der Waals surface area contributed by atoms with Gasteiger partial charge in [-0.15, -0.1) is 0 Å². The largest absolute Gasteiger partial charge is 0.337 e. The molecule has 6 heteroatoms. The summed E-state index contributed by atoms with van der Waals surface area (Å²) in [6, 6.07) is 7.28. The van der Waals surface area contributed by atoms with Gasteiger partial charge in [-0.1, -0.05) is 6.07 Å². The molecule has 0 spiro atoms. The van der Waals surface area contributed by atoms with Crippen LogP contribution < -0.4 is 11.1 Å². The Morgan fingerprint density at radius 1 is 1.16 bits per heavy atom. The molecule has 2 saturated carbocycles. The fraction of sp³-hybridized carbons (Fsp3) is 0.579. The standard InChI is InChI=1S/C19H25N3O2S/c20-17-13-5-4-12(10-13)16(17)18(23)21-15-3-1-2-14(11-15)19(24)22-6-8-25-9-7-22/h1-3,11-13,16-17H,4-10,20H2,(H,21,23). The fourth-order valence-corrected chi connectivity index (χ4v) is 5.53. The summed E-state index contributed by atoms with van der Waals surface area (Å²) < 4.78 is 0. The number of benzene rings is 1. The van der Waals surface area contributed by atoms with E-state index < -0.39 is 0 Å². The first-order valence-corrected chi connectivity index (χ1v) is 10.3. The molecular weight excluding hydrogens is 334 g/mol. The van der Waals surface area contributed by atoms with Crippen molar-refractivity contribution in [1.82, 2.24) is 4.90 Å². The zero-order valence-corrected chi connectivity index (χ0v) is 15.1. The van der Waals surface area contributed by atoms with E-state index in [-0.39, 0.29) is 23.8 Å². The van der Waals surface area contributed by atoms with Gasteiger partial charge in [0, 0.05) is 41.9 Å². The number of carbonyl (C=O) groups excluding carboxylic acids is 2. The molecule has 134 valence electrons. The molecule has 1 aromatic rings. The Hall–Kier alpha value is -1.53. The van der Waals surface area contributed by atoms with E-state index in [1.54, 1.807) is 6.07 Å². The van der Waals surface area contributed by atoms with Gasteiger partial charge in [0.15, 0.2) is 0 Å². The van der Waals surface area contributed by atoms with Crippen LogP contribution in [-0.2, 0) is 4.79 Å². The van der Waals surface area contributed by atoms with E-state index in [0.29, 0.717) is 23.1 Å². The van der Waals surface area contributed by atoms with Crippen LogP contribution in [0.2, 0.25) is 0 Å². The van der Waals surface area contributed by atoms with E-state index in [4.69, 9.17) is 5.73 Å². The van der Waals surface area contributed by atoms with Crippen molar-refractivity contribution < 1.29 is 9.59 Å². The van der Waals surface area contributed by atoms with Gasteiger partial charge in [0.1, 0.15) is 0 Å². The lowest BCUT2D eigenvalue weighted by molar-refractivity contribution is -0.121. The van der Waals surface area contributed by atoms with Gasteiger partial charge in [-0.25, -0.2) is 0 Å². The van der Waals surface area contributed by atoms with Crippen LogP contribution in [0, 0.1) is 17.8 Å². The Labute approximate surface area is 152 Å². The van der Waals surface area contributed by atoms with Gasteiger partial charge < -0.3 is 16.0 Å². The fourth-order valence-electron chi connectivity index (χ4n) is 4.63. The first kappa shape index (κ1) is 16.9. The summed E-state index contributed by atoms with van der Waals surface area (Å²) >= 11 is 1.88. The number of thioether (sulfide) groups is 1. The summed E-state index contributed by atoms with van der Waals surface area (Å²) in [5.74, 6) is 2.89. The Morgan fingerprint density at radius 3 is 2.64 bits per heavy atom. The van der Waals surface area contributed by atoms with Crippen molar-refractivity contribution in [1.29, 1.82) is 0 Å². The van der Waals surface area contributed by atoms with Crippen LogP contribution in [-0.4, -0.2) is 47.4 Å². The predicted octanol–water partition coefficient (Wildman–Crippen LogP) is 2.19. The molecule has 25 heavy (non-hydrogen) atoms. The molecule has 4 atom stereocenters. The van der Waals surface area contributed by atoms with Crippen molar-refractivity contribution in [3.05, 3.63) is 29.8 Å². The van der Waals surface area contributed by atoms with E-state index in [1.807, 2.05) is 34.9 Å². The highest BCUT2D eigenvalue weighted by atomic mass is 32.2. The number of hydrogen-bond donors (Lipinski definition) is 2. The summed E-state index contributed by atoms with van der Waals surface area (Å²) in [4.78, 5) is 27.2. The molecule has 1 aromatic carbocycles.